The van der Waals surface area contributed by atoms with Crippen molar-refractivity contribution < 1.29 is 4.79 Å². The van der Waals surface area contributed by atoms with Crippen LogP contribution in [0.3, 0.4) is 0 Å². The Balaban J connectivity index is 1.88. The molecule has 3 heterocycles. The van der Waals surface area contributed by atoms with E-state index >= 15 is 0 Å². The highest BCUT2D eigenvalue weighted by Crippen LogP contribution is 2.19. The van der Waals surface area contributed by atoms with E-state index in [0.717, 1.165) is 5.69 Å². The van der Waals surface area contributed by atoms with Crippen LogP contribution in [0, 0.1) is 13.8 Å². The summed E-state index contributed by atoms with van der Waals surface area (Å²) in [4.78, 5) is 33.0. The van der Waals surface area contributed by atoms with Gasteiger partial charge in [-0.25, -0.2) is 24.9 Å². The third-order valence-electron chi connectivity index (χ3n) is 2.77. The fraction of sp³-hybridized carbons (Fsp3) is 0.143. The molecule has 0 spiro atoms. The zero-order chi connectivity index (χ0) is 16.2. The van der Waals surface area contributed by atoms with Crippen LogP contribution in [0.15, 0.2) is 30.3 Å². The molecule has 0 unspecified atom stereocenters. The molecule has 0 atom stereocenters. The SMILES string of the molecule is Cc1csc(NC(=O)c2nc(C)cnc2Nc2cncnc2)n1. The van der Waals surface area contributed by atoms with Crippen LogP contribution >= 0.6 is 11.3 Å². The van der Waals surface area contributed by atoms with Gasteiger partial charge in [-0.05, 0) is 13.8 Å². The molecule has 1 amide bonds. The van der Waals surface area contributed by atoms with Crippen molar-refractivity contribution >= 4 is 33.9 Å². The average Bonchev–Trinajstić information content (AvgIpc) is 2.95. The first-order valence-corrected chi connectivity index (χ1v) is 7.59. The Bertz CT molecular complexity index is 834. The van der Waals surface area contributed by atoms with Crippen molar-refractivity contribution in [1.82, 2.24) is 24.9 Å². The quantitative estimate of drug-likeness (QED) is 0.757. The molecule has 0 aliphatic rings. The van der Waals surface area contributed by atoms with Crippen molar-refractivity contribution in [2.45, 2.75) is 13.8 Å². The Morgan fingerprint density at radius 3 is 2.57 bits per heavy atom. The summed E-state index contributed by atoms with van der Waals surface area (Å²) in [6.45, 7) is 3.63. The van der Waals surface area contributed by atoms with Crippen LogP contribution < -0.4 is 10.6 Å². The minimum absolute atomic E-state index is 0.182. The van der Waals surface area contributed by atoms with Gasteiger partial charge in [0.1, 0.15) is 6.33 Å². The lowest BCUT2D eigenvalue weighted by molar-refractivity contribution is 0.102. The maximum atomic E-state index is 12.5. The minimum Gasteiger partial charge on any atom is -0.336 e. The molecule has 23 heavy (non-hydrogen) atoms. The van der Waals surface area contributed by atoms with Crippen molar-refractivity contribution in [3.8, 4) is 0 Å². The van der Waals surface area contributed by atoms with E-state index in [2.05, 4.69) is 35.6 Å². The van der Waals surface area contributed by atoms with Crippen molar-refractivity contribution in [3.05, 3.63) is 47.4 Å². The molecule has 0 radical (unpaired) electrons. The molecule has 2 N–H and O–H groups in total. The maximum Gasteiger partial charge on any atom is 0.279 e. The first-order valence-electron chi connectivity index (χ1n) is 6.71. The summed E-state index contributed by atoms with van der Waals surface area (Å²) >= 11 is 1.35. The predicted octanol–water partition coefficient (Wildman–Crippen LogP) is 2.34. The Morgan fingerprint density at radius 2 is 1.87 bits per heavy atom. The monoisotopic (exact) mass is 327 g/mol. The summed E-state index contributed by atoms with van der Waals surface area (Å²) < 4.78 is 0. The van der Waals surface area contributed by atoms with Gasteiger partial charge in [0.05, 0.1) is 35.7 Å². The first kappa shape index (κ1) is 15.0. The molecule has 0 aliphatic heterocycles. The summed E-state index contributed by atoms with van der Waals surface area (Å²) in [5, 5.41) is 8.10. The Labute approximate surface area is 136 Å². The van der Waals surface area contributed by atoms with Crippen molar-refractivity contribution in [1.29, 1.82) is 0 Å². The molecule has 0 aromatic carbocycles. The third-order valence-corrected chi connectivity index (χ3v) is 3.65. The zero-order valence-corrected chi connectivity index (χ0v) is 13.3. The first-order chi connectivity index (χ1) is 11.1. The van der Waals surface area contributed by atoms with Crippen LogP contribution in [0.5, 0.6) is 0 Å². The van der Waals surface area contributed by atoms with Gasteiger partial charge in [-0.2, -0.15) is 0 Å². The normalized spacial score (nSPS) is 10.3. The van der Waals surface area contributed by atoms with E-state index in [1.807, 2.05) is 12.3 Å². The van der Waals surface area contributed by atoms with Crippen LogP contribution in [-0.2, 0) is 0 Å². The second-order valence-electron chi connectivity index (χ2n) is 4.71. The number of nitrogens with zero attached hydrogens (tertiary/aromatic N) is 5. The molecule has 3 aromatic rings. The van der Waals surface area contributed by atoms with Gasteiger partial charge < -0.3 is 5.32 Å². The van der Waals surface area contributed by atoms with Gasteiger partial charge >= 0.3 is 0 Å². The standard InChI is InChI=1S/C14H13N7OS/c1-8-3-17-12(20-10-4-15-7-16-5-10)11(18-8)13(22)21-14-19-9(2)6-23-14/h3-7H,1-2H3,(H,17,20)(H,19,21,22). The van der Waals surface area contributed by atoms with E-state index in [1.54, 1.807) is 25.5 Å². The number of anilines is 3. The maximum absolute atomic E-state index is 12.5. The zero-order valence-electron chi connectivity index (χ0n) is 12.4. The number of nitrogens with one attached hydrogen (secondary N) is 2. The molecule has 3 aromatic heterocycles. The summed E-state index contributed by atoms with van der Waals surface area (Å²) in [7, 11) is 0. The van der Waals surface area contributed by atoms with E-state index in [-0.39, 0.29) is 11.6 Å². The summed E-state index contributed by atoms with van der Waals surface area (Å²) in [6.07, 6.45) is 6.17. The highest BCUT2D eigenvalue weighted by Gasteiger charge is 2.17. The number of carbonyl (C=O) groups is 1. The van der Waals surface area contributed by atoms with Crippen LogP contribution in [-0.4, -0.2) is 30.8 Å². The number of amides is 1. The lowest BCUT2D eigenvalue weighted by Gasteiger charge is -2.09. The van der Waals surface area contributed by atoms with Gasteiger partial charge in [-0.15, -0.1) is 11.3 Å². The lowest BCUT2D eigenvalue weighted by atomic mass is 10.3. The Morgan fingerprint density at radius 1 is 1.09 bits per heavy atom. The second-order valence-corrected chi connectivity index (χ2v) is 5.57. The molecule has 0 bridgehead atoms. The summed E-state index contributed by atoms with van der Waals surface area (Å²) in [6, 6.07) is 0. The number of rotatable bonds is 4. The topological polar surface area (TPSA) is 106 Å². The van der Waals surface area contributed by atoms with E-state index in [9.17, 15) is 4.79 Å². The van der Waals surface area contributed by atoms with Crippen molar-refractivity contribution in [2.75, 3.05) is 10.6 Å². The Hall–Kier alpha value is -2.94. The lowest BCUT2D eigenvalue weighted by Crippen LogP contribution is -2.17. The number of aryl methyl sites for hydroxylation is 2. The van der Waals surface area contributed by atoms with E-state index in [4.69, 9.17) is 0 Å². The van der Waals surface area contributed by atoms with Gasteiger partial charge in [-0.3, -0.25) is 10.1 Å². The van der Waals surface area contributed by atoms with Gasteiger partial charge in [0.25, 0.3) is 5.91 Å². The van der Waals surface area contributed by atoms with Crippen molar-refractivity contribution in [3.63, 3.8) is 0 Å². The van der Waals surface area contributed by atoms with Crippen LogP contribution in [0.2, 0.25) is 0 Å². The number of hydrogen-bond acceptors (Lipinski definition) is 8. The summed E-state index contributed by atoms with van der Waals surface area (Å²) in [5.41, 5.74) is 2.28. The van der Waals surface area contributed by atoms with Crippen LogP contribution in [0.4, 0.5) is 16.6 Å². The largest absolute Gasteiger partial charge is 0.336 e. The van der Waals surface area contributed by atoms with Gasteiger partial charge in [0.15, 0.2) is 16.6 Å². The molecule has 116 valence electrons. The fourth-order valence-corrected chi connectivity index (χ4v) is 2.48. The molecule has 8 nitrogen and oxygen atoms in total. The van der Waals surface area contributed by atoms with Gasteiger partial charge in [0, 0.05) is 5.38 Å². The minimum atomic E-state index is -0.380. The number of aromatic nitrogens is 5. The van der Waals surface area contributed by atoms with Crippen molar-refractivity contribution in [2.24, 2.45) is 0 Å². The molecule has 0 saturated heterocycles. The van der Waals surface area contributed by atoms with E-state index in [0.29, 0.717) is 22.3 Å². The fourth-order valence-electron chi connectivity index (χ4n) is 1.80. The number of thiazole rings is 1. The number of hydrogen-bond donors (Lipinski definition) is 2. The number of carbonyl (C=O) groups excluding carboxylic acids is 1. The van der Waals surface area contributed by atoms with Crippen LogP contribution in [0.25, 0.3) is 0 Å². The second kappa shape index (κ2) is 6.44. The van der Waals surface area contributed by atoms with Gasteiger partial charge in [-0.1, -0.05) is 0 Å². The molecule has 0 fully saturated rings. The van der Waals surface area contributed by atoms with E-state index < -0.39 is 0 Å². The third kappa shape index (κ3) is 3.64. The smallest absolute Gasteiger partial charge is 0.279 e. The molecule has 0 aliphatic carbocycles. The molecular formula is C14H13N7OS. The molecule has 3 rings (SSSR count). The Kier molecular flexibility index (Phi) is 4.20. The van der Waals surface area contributed by atoms with Crippen LogP contribution in [0.1, 0.15) is 21.9 Å². The highest BCUT2D eigenvalue weighted by molar-refractivity contribution is 7.13. The predicted molar refractivity (Wildman–Crippen MR) is 86.9 cm³/mol. The highest BCUT2D eigenvalue weighted by atomic mass is 32.1. The van der Waals surface area contributed by atoms with Gasteiger partial charge in [0.2, 0.25) is 0 Å². The average molecular weight is 327 g/mol. The molecule has 9 heteroatoms. The summed E-state index contributed by atoms with van der Waals surface area (Å²) in [5.74, 6) is -0.0499. The molecule has 0 saturated carbocycles. The molecular weight excluding hydrogens is 314 g/mol. The van der Waals surface area contributed by atoms with E-state index in [1.165, 1.54) is 17.7 Å².